The number of unbranched alkanes of at least 4 members (excludes halogenated alkanes) is 1. The first kappa shape index (κ1) is 17.7. The first-order valence-electron chi connectivity index (χ1n) is 3.44. The van der Waals surface area contributed by atoms with Gasteiger partial charge in [-0.25, -0.2) is 8.37 Å². The third kappa shape index (κ3) is 17.0. The minimum absolute atomic E-state index is 0. The van der Waals surface area contributed by atoms with Crippen LogP contribution in [0.25, 0.3) is 0 Å². The van der Waals surface area contributed by atoms with E-state index in [2.05, 4.69) is 8.37 Å². The Bertz CT molecular complexity index is 314. The second-order valence-electron chi connectivity index (χ2n) is 2.21. The molecule has 0 aliphatic heterocycles. The second-order valence-corrected chi connectivity index (χ2v) is 4.39. The molecule has 88 valence electrons. The molecule has 15 heavy (non-hydrogen) atoms. The summed E-state index contributed by atoms with van der Waals surface area (Å²) >= 11 is 0. The maximum atomic E-state index is 9.99. The van der Waals surface area contributed by atoms with Gasteiger partial charge in [-0.2, -0.15) is 16.8 Å². The predicted molar refractivity (Wildman–Crippen MR) is 45.3 cm³/mol. The van der Waals surface area contributed by atoms with Gasteiger partial charge in [0.1, 0.15) is 0 Å². The van der Waals surface area contributed by atoms with Gasteiger partial charge in [-0.15, -0.1) is 0 Å². The number of hydrogen-bond acceptors (Lipinski definition) is 6. The Hall–Kier alpha value is 0.337. The molecule has 0 saturated heterocycles. The van der Waals surface area contributed by atoms with Gasteiger partial charge in [0, 0.05) is 0 Å². The average Bonchev–Trinajstić information content (AvgIpc) is 1.92. The van der Waals surface area contributed by atoms with E-state index in [-0.39, 0.29) is 46.3 Å². The van der Waals surface area contributed by atoms with E-state index >= 15 is 0 Å². The minimum Gasteiger partial charge on any atom is -1.00 e. The van der Waals surface area contributed by atoms with Crippen LogP contribution in [0, 0.1) is 0 Å². The fourth-order valence-corrected chi connectivity index (χ4v) is 1.19. The first-order chi connectivity index (χ1) is 6.21. The standard InChI is InChI=1S/C4H10O8S2.Li.H/c5-13(6,7)11-3-1-2-4-12-14(8,9)10;;/h1-4H2,(H,5,6,7)(H,8,9,10);;/q;+1;-1. The van der Waals surface area contributed by atoms with Gasteiger partial charge in [-0.05, 0) is 12.8 Å². The SMILES string of the molecule is O=S(=O)(O)OCCCCOS(=O)(=O)O.[H-].[Li+]. The Morgan fingerprint density at radius 2 is 1.13 bits per heavy atom. The molecule has 0 heterocycles. The van der Waals surface area contributed by atoms with Crippen LogP contribution in [-0.2, 0) is 29.2 Å². The Morgan fingerprint density at radius 1 is 0.867 bits per heavy atom. The first-order valence-corrected chi connectivity index (χ1v) is 6.17. The van der Waals surface area contributed by atoms with E-state index in [1.165, 1.54) is 0 Å². The molecule has 0 fully saturated rings. The van der Waals surface area contributed by atoms with E-state index in [9.17, 15) is 16.8 Å². The van der Waals surface area contributed by atoms with Crippen molar-refractivity contribution in [3.63, 3.8) is 0 Å². The molecule has 0 bridgehead atoms. The molecule has 0 aromatic carbocycles. The topological polar surface area (TPSA) is 127 Å². The molecule has 8 nitrogen and oxygen atoms in total. The molecule has 0 spiro atoms. The quantitative estimate of drug-likeness (QED) is 0.274. The molecule has 0 unspecified atom stereocenters. The monoisotopic (exact) mass is 258 g/mol. The molecule has 11 heteroatoms. The van der Waals surface area contributed by atoms with Crippen LogP contribution in [0.4, 0.5) is 0 Å². The van der Waals surface area contributed by atoms with Gasteiger partial charge >= 0.3 is 39.7 Å². The van der Waals surface area contributed by atoms with Crippen molar-refractivity contribution in [3.05, 3.63) is 0 Å². The van der Waals surface area contributed by atoms with Crippen LogP contribution in [0.2, 0.25) is 0 Å². The molecular formula is C4H11LiO8S2. The van der Waals surface area contributed by atoms with Crippen molar-refractivity contribution >= 4 is 20.8 Å². The van der Waals surface area contributed by atoms with Gasteiger partial charge in [0.2, 0.25) is 0 Å². The molecule has 0 saturated carbocycles. The Balaban J connectivity index is -0.000000845. The summed E-state index contributed by atoms with van der Waals surface area (Å²) in [6.07, 6.45) is 0.324. The summed E-state index contributed by atoms with van der Waals surface area (Å²) < 4.78 is 64.0. The fourth-order valence-electron chi connectivity index (χ4n) is 0.533. The van der Waals surface area contributed by atoms with Crippen molar-refractivity contribution in [1.82, 2.24) is 0 Å². The van der Waals surface area contributed by atoms with E-state index in [1.807, 2.05) is 0 Å². The number of rotatable bonds is 7. The molecule has 0 aliphatic rings. The van der Waals surface area contributed by atoms with Crippen LogP contribution in [0.1, 0.15) is 14.3 Å². The summed E-state index contributed by atoms with van der Waals surface area (Å²) in [5, 5.41) is 0. The molecule has 2 N–H and O–H groups in total. The zero-order valence-corrected chi connectivity index (χ0v) is 9.62. The third-order valence-electron chi connectivity index (χ3n) is 1.00. The largest absolute Gasteiger partial charge is 1.00 e. The van der Waals surface area contributed by atoms with Crippen LogP contribution in [0.15, 0.2) is 0 Å². The molecule has 0 radical (unpaired) electrons. The number of hydrogen-bond donors (Lipinski definition) is 2. The Labute approximate surface area is 102 Å². The van der Waals surface area contributed by atoms with Gasteiger partial charge in [-0.3, -0.25) is 9.11 Å². The van der Waals surface area contributed by atoms with Crippen molar-refractivity contribution in [1.29, 1.82) is 0 Å². The van der Waals surface area contributed by atoms with Crippen LogP contribution >= 0.6 is 0 Å². The molecule has 0 aromatic rings. The fraction of sp³-hybridized carbons (Fsp3) is 1.00. The van der Waals surface area contributed by atoms with E-state index in [0.717, 1.165) is 0 Å². The molecule has 0 aliphatic carbocycles. The summed E-state index contributed by atoms with van der Waals surface area (Å²) in [6.45, 7) is -0.568. The summed E-state index contributed by atoms with van der Waals surface area (Å²) in [5.74, 6) is 0. The maximum Gasteiger partial charge on any atom is 1.00 e. The van der Waals surface area contributed by atoms with Crippen LogP contribution < -0.4 is 18.9 Å². The van der Waals surface area contributed by atoms with Gasteiger partial charge in [0.15, 0.2) is 0 Å². The predicted octanol–water partition coefficient (Wildman–Crippen LogP) is -3.48. The van der Waals surface area contributed by atoms with E-state index in [4.69, 9.17) is 9.11 Å². The van der Waals surface area contributed by atoms with Crippen LogP contribution in [-0.4, -0.2) is 39.2 Å². The van der Waals surface area contributed by atoms with Gasteiger partial charge in [0.05, 0.1) is 13.2 Å². The molecule has 0 atom stereocenters. The molecule has 0 amide bonds. The third-order valence-corrected chi connectivity index (χ3v) is 1.93. The zero-order valence-electron chi connectivity index (χ0n) is 8.99. The van der Waals surface area contributed by atoms with Gasteiger partial charge in [-0.1, -0.05) is 0 Å². The average molecular weight is 258 g/mol. The van der Waals surface area contributed by atoms with Crippen molar-refractivity contribution in [2.45, 2.75) is 12.8 Å². The maximum absolute atomic E-state index is 9.99. The molecule has 0 rings (SSSR count). The van der Waals surface area contributed by atoms with Crippen molar-refractivity contribution in [2.24, 2.45) is 0 Å². The van der Waals surface area contributed by atoms with Crippen molar-refractivity contribution < 1.29 is 54.6 Å². The normalized spacial score (nSPS) is 12.1. The summed E-state index contributed by atoms with van der Waals surface area (Å²) in [6, 6.07) is 0. The molecular weight excluding hydrogens is 247 g/mol. The van der Waals surface area contributed by atoms with E-state index in [1.54, 1.807) is 0 Å². The summed E-state index contributed by atoms with van der Waals surface area (Å²) in [7, 11) is -8.90. The summed E-state index contributed by atoms with van der Waals surface area (Å²) in [5.41, 5.74) is 0. The van der Waals surface area contributed by atoms with Gasteiger partial charge in [0.25, 0.3) is 0 Å². The second kappa shape index (κ2) is 7.58. The Morgan fingerprint density at radius 3 is 1.33 bits per heavy atom. The molecule has 0 aromatic heterocycles. The summed E-state index contributed by atoms with van der Waals surface area (Å²) in [4.78, 5) is 0. The smallest absolute Gasteiger partial charge is 1.00 e. The van der Waals surface area contributed by atoms with E-state index in [0.29, 0.717) is 0 Å². The van der Waals surface area contributed by atoms with Gasteiger partial charge < -0.3 is 1.43 Å². The van der Waals surface area contributed by atoms with Crippen LogP contribution in [0.5, 0.6) is 0 Å². The minimum atomic E-state index is -4.45. The van der Waals surface area contributed by atoms with Crippen molar-refractivity contribution in [3.8, 4) is 0 Å². The zero-order chi connectivity index (χ0) is 11.2. The Kier molecular flexibility index (Phi) is 8.96. The van der Waals surface area contributed by atoms with Crippen LogP contribution in [0.3, 0.4) is 0 Å². The van der Waals surface area contributed by atoms with Crippen molar-refractivity contribution in [2.75, 3.05) is 13.2 Å². The van der Waals surface area contributed by atoms with E-state index < -0.39 is 20.8 Å².